The van der Waals surface area contributed by atoms with Gasteiger partial charge in [0.05, 0.1) is 19.6 Å². The van der Waals surface area contributed by atoms with Gasteiger partial charge in [-0.25, -0.2) is 0 Å². The molecule has 3 rings (SSSR count). The standard InChI is InChI=1S/C17H16NO2/c1-19-15-8-6-14(7-9-15)18-11-10-13-4-3-5-17(20-2)16(13)12-18/h3-12H,1-2H3/q+1. The maximum Gasteiger partial charge on any atom is 0.210 e. The van der Waals surface area contributed by atoms with E-state index in [-0.39, 0.29) is 0 Å². The molecule has 0 spiro atoms. The van der Waals surface area contributed by atoms with E-state index < -0.39 is 0 Å². The molecule has 0 aliphatic carbocycles. The second-order valence-corrected chi connectivity index (χ2v) is 4.51. The topological polar surface area (TPSA) is 22.3 Å². The molecule has 0 unspecified atom stereocenters. The summed E-state index contributed by atoms with van der Waals surface area (Å²) >= 11 is 0. The van der Waals surface area contributed by atoms with Crippen LogP contribution >= 0.6 is 0 Å². The maximum atomic E-state index is 5.42. The van der Waals surface area contributed by atoms with Crippen LogP contribution in [0.3, 0.4) is 0 Å². The minimum Gasteiger partial charge on any atom is -0.497 e. The molecule has 3 heteroatoms. The lowest BCUT2D eigenvalue weighted by molar-refractivity contribution is -0.594. The maximum absolute atomic E-state index is 5.42. The van der Waals surface area contributed by atoms with Crippen molar-refractivity contribution in [1.82, 2.24) is 0 Å². The highest BCUT2D eigenvalue weighted by Crippen LogP contribution is 2.23. The van der Waals surface area contributed by atoms with E-state index in [2.05, 4.69) is 22.9 Å². The van der Waals surface area contributed by atoms with Crippen molar-refractivity contribution in [3.8, 4) is 17.2 Å². The van der Waals surface area contributed by atoms with Crippen LogP contribution in [0.25, 0.3) is 16.5 Å². The molecule has 20 heavy (non-hydrogen) atoms. The Labute approximate surface area is 118 Å². The molecule has 0 bridgehead atoms. The Morgan fingerprint density at radius 3 is 2.35 bits per heavy atom. The summed E-state index contributed by atoms with van der Waals surface area (Å²) < 4.78 is 12.7. The zero-order valence-electron chi connectivity index (χ0n) is 11.5. The van der Waals surface area contributed by atoms with Crippen LogP contribution in [0.2, 0.25) is 0 Å². The number of pyridine rings is 1. The first-order valence-corrected chi connectivity index (χ1v) is 6.44. The number of ether oxygens (including phenoxy) is 2. The van der Waals surface area contributed by atoms with Crippen LogP contribution in [0.15, 0.2) is 60.9 Å². The van der Waals surface area contributed by atoms with Crippen LogP contribution < -0.4 is 14.0 Å². The van der Waals surface area contributed by atoms with E-state index in [4.69, 9.17) is 9.47 Å². The predicted molar refractivity (Wildman–Crippen MR) is 78.6 cm³/mol. The number of hydrogen-bond donors (Lipinski definition) is 0. The summed E-state index contributed by atoms with van der Waals surface area (Å²) in [4.78, 5) is 0. The fourth-order valence-corrected chi connectivity index (χ4v) is 2.28. The van der Waals surface area contributed by atoms with Crippen LogP contribution in [0.5, 0.6) is 11.5 Å². The van der Waals surface area contributed by atoms with Gasteiger partial charge < -0.3 is 9.47 Å². The molecule has 0 fully saturated rings. The second kappa shape index (κ2) is 5.21. The smallest absolute Gasteiger partial charge is 0.210 e. The van der Waals surface area contributed by atoms with Gasteiger partial charge in [-0.05, 0) is 23.6 Å². The van der Waals surface area contributed by atoms with Crippen LogP contribution in [-0.4, -0.2) is 14.2 Å². The molecule has 0 saturated carbocycles. The Bertz CT molecular complexity index is 736. The van der Waals surface area contributed by atoms with Gasteiger partial charge in [0.15, 0.2) is 12.4 Å². The SMILES string of the molecule is COc1ccc(-[n+]2ccc3cccc(OC)c3c2)cc1. The van der Waals surface area contributed by atoms with Crippen LogP contribution in [0.1, 0.15) is 0 Å². The van der Waals surface area contributed by atoms with Gasteiger partial charge in [0, 0.05) is 18.2 Å². The molecular formula is C17H16NO2+. The second-order valence-electron chi connectivity index (χ2n) is 4.51. The third-order valence-corrected chi connectivity index (χ3v) is 3.37. The molecule has 0 radical (unpaired) electrons. The average Bonchev–Trinajstić information content (AvgIpc) is 2.54. The molecule has 100 valence electrons. The fraction of sp³-hybridized carbons (Fsp3) is 0.118. The summed E-state index contributed by atoms with van der Waals surface area (Å²) in [5.41, 5.74) is 1.08. The van der Waals surface area contributed by atoms with E-state index in [1.54, 1.807) is 14.2 Å². The van der Waals surface area contributed by atoms with Crippen molar-refractivity contribution in [2.24, 2.45) is 0 Å². The Balaban J connectivity index is 2.11. The van der Waals surface area contributed by atoms with E-state index in [9.17, 15) is 0 Å². The third-order valence-electron chi connectivity index (χ3n) is 3.37. The first kappa shape index (κ1) is 12.5. The van der Waals surface area contributed by atoms with Crippen LogP contribution in [0.4, 0.5) is 0 Å². The third kappa shape index (κ3) is 2.18. The van der Waals surface area contributed by atoms with E-state index in [0.29, 0.717) is 0 Å². The van der Waals surface area contributed by atoms with Crippen LogP contribution in [-0.2, 0) is 0 Å². The van der Waals surface area contributed by atoms with Crippen LogP contribution in [0, 0.1) is 0 Å². The molecular weight excluding hydrogens is 250 g/mol. The van der Waals surface area contributed by atoms with Crippen molar-refractivity contribution < 1.29 is 14.0 Å². The molecule has 0 aliphatic rings. The van der Waals surface area contributed by atoms with Gasteiger partial charge in [-0.2, -0.15) is 4.57 Å². The summed E-state index contributed by atoms with van der Waals surface area (Å²) in [6.07, 6.45) is 4.12. The lowest BCUT2D eigenvalue weighted by Crippen LogP contribution is -2.29. The van der Waals surface area contributed by atoms with Gasteiger partial charge in [-0.15, -0.1) is 0 Å². The molecule has 0 amide bonds. The van der Waals surface area contributed by atoms with Crippen molar-refractivity contribution in [3.63, 3.8) is 0 Å². The summed E-state index contributed by atoms with van der Waals surface area (Å²) in [7, 11) is 3.36. The van der Waals surface area contributed by atoms with Gasteiger partial charge in [-0.1, -0.05) is 12.1 Å². The molecule has 3 nitrogen and oxygen atoms in total. The lowest BCUT2D eigenvalue weighted by Gasteiger charge is -2.04. The highest BCUT2D eigenvalue weighted by atomic mass is 16.5. The van der Waals surface area contributed by atoms with E-state index in [0.717, 1.165) is 28.0 Å². The highest BCUT2D eigenvalue weighted by molar-refractivity contribution is 5.86. The Kier molecular flexibility index (Phi) is 3.25. The molecule has 3 aromatic rings. The Morgan fingerprint density at radius 1 is 0.850 bits per heavy atom. The highest BCUT2D eigenvalue weighted by Gasteiger charge is 2.10. The molecule has 0 aliphatic heterocycles. The van der Waals surface area contributed by atoms with Crippen molar-refractivity contribution in [1.29, 1.82) is 0 Å². The van der Waals surface area contributed by atoms with Gasteiger partial charge in [0.2, 0.25) is 5.69 Å². The number of nitrogens with zero attached hydrogens (tertiary/aromatic N) is 1. The van der Waals surface area contributed by atoms with Crippen molar-refractivity contribution >= 4 is 10.8 Å². The fourth-order valence-electron chi connectivity index (χ4n) is 2.28. The van der Waals surface area contributed by atoms with E-state index in [1.165, 1.54) is 0 Å². The minimum atomic E-state index is 0.854. The zero-order chi connectivity index (χ0) is 13.9. The van der Waals surface area contributed by atoms with Gasteiger partial charge in [-0.3, -0.25) is 0 Å². The molecule has 0 N–H and O–H groups in total. The van der Waals surface area contributed by atoms with Crippen molar-refractivity contribution in [3.05, 3.63) is 60.9 Å². The molecule has 1 heterocycles. The van der Waals surface area contributed by atoms with Crippen molar-refractivity contribution in [2.75, 3.05) is 14.2 Å². The molecule has 0 atom stereocenters. The Morgan fingerprint density at radius 2 is 1.65 bits per heavy atom. The van der Waals surface area contributed by atoms with Crippen molar-refractivity contribution in [2.45, 2.75) is 0 Å². The lowest BCUT2D eigenvalue weighted by atomic mass is 10.1. The van der Waals surface area contributed by atoms with Gasteiger partial charge in [0.1, 0.15) is 11.5 Å². The van der Waals surface area contributed by atoms with Gasteiger partial charge in [0.25, 0.3) is 0 Å². The van der Waals surface area contributed by atoms with Gasteiger partial charge >= 0.3 is 0 Å². The summed E-state index contributed by atoms with van der Waals surface area (Å²) in [5.74, 6) is 1.73. The molecule has 1 aromatic heterocycles. The molecule has 0 saturated heterocycles. The van der Waals surface area contributed by atoms with E-state index in [1.807, 2.05) is 42.6 Å². The normalized spacial score (nSPS) is 10.5. The summed E-state index contributed by atoms with van der Waals surface area (Å²) in [5, 5.41) is 2.25. The first-order valence-electron chi connectivity index (χ1n) is 6.44. The zero-order valence-corrected chi connectivity index (χ0v) is 11.5. The molecule has 2 aromatic carbocycles. The monoisotopic (exact) mass is 266 g/mol. The first-order chi connectivity index (χ1) is 9.81. The number of fused-ring (bicyclic) bond motifs is 1. The summed E-state index contributed by atoms with van der Waals surface area (Å²) in [6.45, 7) is 0. The number of hydrogen-bond acceptors (Lipinski definition) is 2. The largest absolute Gasteiger partial charge is 0.497 e. The summed E-state index contributed by atoms with van der Waals surface area (Å²) in [6, 6.07) is 16.1. The quantitative estimate of drug-likeness (QED) is 0.680. The van der Waals surface area contributed by atoms with E-state index >= 15 is 0 Å². The number of rotatable bonds is 3. The predicted octanol–water partition coefficient (Wildman–Crippen LogP) is 3.13. The Hall–Kier alpha value is -2.55. The number of aromatic nitrogens is 1. The number of benzene rings is 2. The average molecular weight is 266 g/mol. The minimum absolute atomic E-state index is 0.854. The number of methoxy groups -OCH3 is 2.